The maximum Gasteiger partial charge on any atom is 0.123 e. The maximum atomic E-state index is 13.3. The van der Waals surface area contributed by atoms with Crippen LogP contribution in [-0.4, -0.2) is 20.1 Å². The zero-order chi connectivity index (χ0) is 16.1. The second kappa shape index (κ2) is 7.15. The molecule has 5 heteroatoms. The van der Waals surface area contributed by atoms with Gasteiger partial charge in [0.2, 0.25) is 0 Å². The van der Waals surface area contributed by atoms with Crippen molar-refractivity contribution in [2.45, 2.75) is 26.0 Å². The lowest BCUT2D eigenvalue weighted by Gasteiger charge is -2.08. The molecule has 1 N–H and O–H groups in total. The van der Waals surface area contributed by atoms with Crippen molar-refractivity contribution in [3.8, 4) is 0 Å². The van der Waals surface area contributed by atoms with Gasteiger partial charge in [0, 0.05) is 0 Å². The van der Waals surface area contributed by atoms with Gasteiger partial charge < -0.3 is 5.11 Å². The fourth-order valence-corrected chi connectivity index (χ4v) is 2.61. The first kappa shape index (κ1) is 15.4. The van der Waals surface area contributed by atoms with Gasteiger partial charge in [0.1, 0.15) is 11.5 Å². The number of nitrogens with zero attached hydrogens (tertiary/aromatic N) is 3. The topological polar surface area (TPSA) is 50.9 Å². The van der Waals surface area contributed by atoms with Crippen molar-refractivity contribution in [3.63, 3.8) is 0 Å². The van der Waals surface area contributed by atoms with Crippen LogP contribution >= 0.6 is 0 Å². The number of halogens is 1. The lowest BCUT2D eigenvalue weighted by Crippen LogP contribution is -2.09. The Morgan fingerprint density at radius 2 is 1.74 bits per heavy atom. The van der Waals surface area contributed by atoms with Gasteiger partial charge in [0.25, 0.3) is 0 Å². The highest BCUT2D eigenvalue weighted by Crippen LogP contribution is 2.13. The first-order chi connectivity index (χ1) is 11.3. The molecule has 0 aliphatic rings. The van der Waals surface area contributed by atoms with Crippen molar-refractivity contribution in [2.75, 3.05) is 0 Å². The van der Waals surface area contributed by atoms with E-state index in [4.69, 9.17) is 0 Å². The van der Waals surface area contributed by atoms with E-state index in [2.05, 4.69) is 22.4 Å². The molecular formula is C18H18FN3O. The molecule has 0 bridgehead atoms. The van der Waals surface area contributed by atoms with Gasteiger partial charge in [0.05, 0.1) is 18.8 Å². The number of aryl methyl sites for hydroxylation is 1. The first-order valence-electron chi connectivity index (χ1n) is 7.56. The Bertz CT molecular complexity index is 771. The van der Waals surface area contributed by atoms with Crippen LogP contribution in [0.25, 0.3) is 0 Å². The monoisotopic (exact) mass is 311 g/mol. The molecule has 0 saturated heterocycles. The molecule has 4 nitrogen and oxygen atoms in total. The molecule has 118 valence electrons. The summed E-state index contributed by atoms with van der Waals surface area (Å²) in [7, 11) is 0. The standard InChI is InChI=1S/C18H18FN3O/c19-16-8-4-7-15(11-16)12-22-18(17(13-23)20-21-22)10-9-14-5-2-1-3-6-14/h1-8,11,23H,9-10,12-13H2. The van der Waals surface area contributed by atoms with E-state index < -0.39 is 0 Å². The van der Waals surface area contributed by atoms with Gasteiger partial charge in [-0.2, -0.15) is 0 Å². The predicted molar refractivity (Wildman–Crippen MR) is 85.3 cm³/mol. The molecule has 3 aromatic rings. The van der Waals surface area contributed by atoms with Crippen LogP contribution in [0.15, 0.2) is 54.6 Å². The number of rotatable bonds is 6. The molecule has 0 amide bonds. The molecule has 0 aliphatic heterocycles. The Morgan fingerprint density at radius 3 is 2.48 bits per heavy atom. The number of aromatic nitrogens is 3. The molecule has 3 rings (SSSR count). The van der Waals surface area contributed by atoms with Crippen LogP contribution in [0.2, 0.25) is 0 Å². The van der Waals surface area contributed by atoms with Gasteiger partial charge in [0.15, 0.2) is 0 Å². The number of benzene rings is 2. The Labute approximate surface area is 134 Å². The van der Waals surface area contributed by atoms with Crippen LogP contribution in [0.3, 0.4) is 0 Å². The average molecular weight is 311 g/mol. The van der Waals surface area contributed by atoms with Crippen molar-refractivity contribution in [1.29, 1.82) is 0 Å². The van der Waals surface area contributed by atoms with E-state index in [1.807, 2.05) is 24.3 Å². The lowest BCUT2D eigenvalue weighted by atomic mass is 10.1. The Kier molecular flexibility index (Phi) is 4.78. The quantitative estimate of drug-likeness (QED) is 0.761. The Morgan fingerprint density at radius 1 is 0.957 bits per heavy atom. The fraction of sp³-hybridized carbons (Fsp3) is 0.222. The van der Waals surface area contributed by atoms with Gasteiger partial charge in [-0.25, -0.2) is 9.07 Å². The van der Waals surface area contributed by atoms with Crippen LogP contribution in [-0.2, 0) is 26.0 Å². The maximum absolute atomic E-state index is 13.3. The third-order valence-electron chi connectivity index (χ3n) is 3.78. The summed E-state index contributed by atoms with van der Waals surface area (Å²) in [6.45, 7) is 0.294. The third-order valence-corrected chi connectivity index (χ3v) is 3.78. The number of aliphatic hydroxyl groups is 1. The first-order valence-corrected chi connectivity index (χ1v) is 7.56. The summed E-state index contributed by atoms with van der Waals surface area (Å²) < 4.78 is 15.1. The fourth-order valence-electron chi connectivity index (χ4n) is 2.61. The van der Waals surface area contributed by atoms with Crippen molar-refractivity contribution >= 4 is 0 Å². The number of hydrogen-bond acceptors (Lipinski definition) is 3. The summed E-state index contributed by atoms with van der Waals surface area (Å²) in [6.07, 6.45) is 1.56. The van der Waals surface area contributed by atoms with Crippen LogP contribution in [0.4, 0.5) is 4.39 Å². The van der Waals surface area contributed by atoms with Gasteiger partial charge in [-0.15, -0.1) is 5.10 Å². The molecule has 2 aromatic carbocycles. The minimum atomic E-state index is -0.268. The Hall–Kier alpha value is -2.53. The van der Waals surface area contributed by atoms with E-state index in [1.165, 1.54) is 17.7 Å². The molecule has 0 unspecified atom stereocenters. The summed E-state index contributed by atoms with van der Waals surface area (Å²) in [5, 5.41) is 17.6. The summed E-state index contributed by atoms with van der Waals surface area (Å²) in [4.78, 5) is 0. The minimum Gasteiger partial charge on any atom is -0.390 e. The highest BCUT2D eigenvalue weighted by Gasteiger charge is 2.12. The van der Waals surface area contributed by atoms with Crippen LogP contribution in [0.5, 0.6) is 0 Å². The van der Waals surface area contributed by atoms with E-state index in [1.54, 1.807) is 10.7 Å². The van der Waals surface area contributed by atoms with Gasteiger partial charge >= 0.3 is 0 Å². The van der Waals surface area contributed by atoms with Gasteiger partial charge in [-0.3, -0.25) is 0 Å². The molecule has 0 aliphatic carbocycles. The zero-order valence-electron chi connectivity index (χ0n) is 12.7. The molecule has 0 radical (unpaired) electrons. The molecule has 1 aromatic heterocycles. The molecule has 0 spiro atoms. The normalized spacial score (nSPS) is 10.9. The van der Waals surface area contributed by atoms with E-state index in [0.717, 1.165) is 24.1 Å². The molecule has 0 fully saturated rings. The smallest absolute Gasteiger partial charge is 0.123 e. The van der Waals surface area contributed by atoms with E-state index in [9.17, 15) is 9.50 Å². The van der Waals surface area contributed by atoms with Crippen LogP contribution in [0, 0.1) is 5.82 Å². The lowest BCUT2D eigenvalue weighted by molar-refractivity contribution is 0.275. The van der Waals surface area contributed by atoms with Crippen LogP contribution in [0.1, 0.15) is 22.5 Å². The van der Waals surface area contributed by atoms with Crippen molar-refractivity contribution < 1.29 is 9.50 Å². The average Bonchev–Trinajstić information content (AvgIpc) is 2.95. The summed E-state index contributed by atoms with van der Waals surface area (Å²) in [5.74, 6) is -0.268. The van der Waals surface area contributed by atoms with E-state index >= 15 is 0 Å². The summed E-state index contributed by atoms with van der Waals surface area (Å²) in [5.41, 5.74) is 3.51. The molecule has 1 heterocycles. The molecule has 23 heavy (non-hydrogen) atoms. The second-order valence-corrected chi connectivity index (χ2v) is 5.41. The minimum absolute atomic E-state index is 0.146. The SMILES string of the molecule is OCc1nnn(Cc2cccc(F)c2)c1CCc1ccccc1. The van der Waals surface area contributed by atoms with E-state index in [-0.39, 0.29) is 12.4 Å². The van der Waals surface area contributed by atoms with Crippen molar-refractivity contribution in [1.82, 2.24) is 15.0 Å². The number of aliphatic hydroxyl groups excluding tert-OH is 1. The Balaban J connectivity index is 1.79. The largest absolute Gasteiger partial charge is 0.390 e. The summed E-state index contributed by atoms with van der Waals surface area (Å²) >= 11 is 0. The molecular weight excluding hydrogens is 293 g/mol. The number of hydrogen-bond donors (Lipinski definition) is 1. The van der Waals surface area contributed by atoms with Gasteiger partial charge in [-0.05, 0) is 36.1 Å². The molecule has 0 saturated carbocycles. The third kappa shape index (κ3) is 3.81. The highest BCUT2D eigenvalue weighted by molar-refractivity contribution is 5.20. The van der Waals surface area contributed by atoms with Crippen molar-refractivity contribution in [2.24, 2.45) is 0 Å². The van der Waals surface area contributed by atoms with Crippen molar-refractivity contribution in [3.05, 3.63) is 82.9 Å². The molecule has 0 atom stereocenters. The highest BCUT2D eigenvalue weighted by atomic mass is 19.1. The van der Waals surface area contributed by atoms with E-state index in [0.29, 0.717) is 12.2 Å². The van der Waals surface area contributed by atoms with Gasteiger partial charge in [-0.1, -0.05) is 47.7 Å². The summed E-state index contributed by atoms with van der Waals surface area (Å²) in [6, 6.07) is 16.6. The van der Waals surface area contributed by atoms with Crippen LogP contribution < -0.4 is 0 Å². The second-order valence-electron chi connectivity index (χ2n) is 5.41. The zero-order valence-corrected chi connectivity index (χ0v) is 12.7. The predicted octanol–water partition coefficient (Wildman–Crippen LogP) is 2.74.